The van der Waals surface area contributed by atoms with Crippen molar-refractivity contribution in [2.75, 3.05) is 6.61 Å². The first kappa shape index (κ1) is 19.7. The fourth-order valence-corrected chi connectivity index (χ4v) is 2.82. The number of alkyl halides is 3. The van der Waals surface area contributed by atoms with Gasteiger partial charge >= 0.3 is 6.18 Å². The number of amides is 1. The summed E-state index contributed by atoms with van der Waals surface area (Å²) in [5.74, 6) is -0.745. The van der Waals surface area contributed by atoms with Gasteiger partial charge in [-0.1, -0.05) is 29.8 Å². The highest BCUT2D eigenvalue weighted by molar-refractivity contribution is 5.83. The first-order chi connectivity index (χ1) is 13.1. The standard InChI is InChI=1S/C19H19F3N4O2/c1-11-4-6-13(7-5-11)9-23-15(27)10-28-16-8-14(19(20,21)22)17-12(2)25-26(3)18(17)24-16/h4-8H,9-10H2,1-3H3,(H,23,27). The van der Waals surface area contributed by atoms with E-state index in [1.165, 1.54) is 18.7 Å². The number of nitrogens with zero attached hydrogens (tertiary/aromatic N) is 3. The highest BCUT2D eigenvalue weighted by Gasteiger charge is 2.35. The summed E-state index contributed by atoms with van der Waals surface area (Å²) in [6, 6.07) is 8.40. The number of aromatic nitrogens is 3. The second-order valence-electron chi connectivity index (χ2n) is 6.46. The van der Waals surface area contributed by atoms with Gasteiger partial charge in [0.25, 0.3) is 5.91 Å². The summed E-state index contributed by atoms with van der Waals surface area (Å²) in [7, 11) is 1.50. The topological polar surface area (TPSA) is 69.0 Å². The monoisotopic (exact) mass is 392 g/mol. The molecule has 2 heterocycles. The van der Waals surface area contributed by atoms with Crippen LogP contribution in [0.3, 0.4) is 0 Å². The molecule has 0 unspecified atom stereocenters. The molecule has 0 spiro atoms. The number of rotatable bonds is 5. The van der Waals surface area contributed by atoms with Gasteiger partial charge in [-0.3, -0.25) is 9.48 Å². The number of pyridine rings is 1. The Balaban J connectivity index is 1.72. The molecule has 0 radical (unpaired) electrons. The van der Waals surface area contributed by atoms with E-state index in [0.717, 1.165) is 17.2 Å². The van der Waals surface area contributed by atoms with Crippen LogP contribution in [0.4, 0.5) is 13.2 Å². The Morgan fingerprint density at radius 3 is 2.54 bits per heavy atom. The fourth-order valence-electron chi connectivity index (χ4n) is 2.82. The number of carbonyl (C=O) groups excluding carboxylic acids is 1. The Bertz CT molecular complexity index is 1010. The number of hydrogen-bond donors (Lipinski definition) is 1. The highest BCUT2D eigenvalue weighted by Crippen LogP contribution is 2.37. The molecule has 1 N–H and O–H groups in total. The molecule has 0 saturated heterocycles. The SMILES string of the molecule is Cc1ccc(CNC(=O)COc2cc(C(F)(F)F)c3c(C)nn(C)c3n2)cc1. The first-order valence-electron chi connectivity index (χ1n) is 8.51. The van der Waals surface area contributed by atoms with E-state index in [-0.39, 0.29) is 22.6 Å². The molecule has 148 valence electrons. The van der Waals surface area contributed by atoms with Gasteiger partial charge in [0.15, 0.2) is 12.3 Å². The van der Waals surface area contributed by atoms with Crippen LogP contribution in [0.1, 0.15) is 22.4 Å². The molecule has 0 bridgehead atoms. The van der Waals surface area contributed by atoms with Crippen LogP contribution in [0.2, 0.25) is 0 Å². The lowest BCUT2D eigenvalue weighted by Crippen LogP contribution is -2.28. The van der Waals surface area contributed by atoms with Gasteiger partial charge in [0.2, 0.25) is 5.88 Å². The summed E-state index contributed by atoms with van der Waals surface area (Å²) in [6.07, 6.45) is -4.60. The maximum atomic E-state index is 13.4. The molecule has 3 aromatic rings. The van der Waals surface area contributed by atoms with Gasteiger partial charge < -0.3 is 10.1 Å². The van der Waals surface area contributed by atoms with Crippen molar-refractivity contribution in [2.45, 2.75) is 26.6 Å². The summed E-state index contributed by atoms with van der Waals surface area (Å²) in [6.45, 7) is 3.29. The lowest BCUT2D eigenvalue weighted by molar-refractivity contribution is -0.136. The summed E-state index contributed by atoms with van der Waals surface area (Å²) in [4.78, 5) is 16.0. The van der Waals surface area contributed by atoms with Gasteiger partial charge in [0, 0.05) is 19.7 Å². The van der Waals surface area contributed by atoms with E-state index < -0.39 is 24.3 Å². The van der Waals surface area contributed by atoms with E-state index in [9.17, 15) is 18.0 Å². The molecule has 0 aliphatic rings. The third kappa shape index (κ3) is 4.24. The zero-order valence-electron chi connectivity index (χ0n) is 15.6. The number of aryl methyl sites for hydroxylation is 3. The van der Waals surface area contributed by atoms with E-state index in [0.29, 0.717) is 6.54 Å². The summed E-state index contributed by atoms with van der Waals surface area (Å²) in [5, 5.41) is 6.57. The van der Waals surface area contributed by atoms with Crippen molar-refractivity contribution >= 4 is 16.9 Å². The van der Waals surface area contributed by atoms with Crippen molar-refractivity contribution < 1.29 is 22.7 Å². The summed E-state index contributed by atoms with van der Waals surface area (Å²) < 4.78 is 46.7. The van der Waals surface area contributed by atoms with Gasteiger partial charge in [0.05, 0.1) is 16.6 Å². The number of carbonyl (C=O) groups is 1. The van der Waals surface area contributed by atoms with E-state index in [2.05, 4.69) is 15.4 Å². The molecule has 1 amide bonds. The lowest BCUT2D eigenvalue weighted by Gasteiger charge is -2.12. The number of halogens is 3. The Hall–Kier alpha value is -3.10. The normalized spacial score (nSPS) is 11.6. The average molecular weight is 392 g/mol. The number of benzene rings is 1. The van der Waals surface area contributed by atoms with Crippen LogP contribution in [0, 0.1) is 13.8 Å². The highest BCUT2D eigenvalue weighted by atomic mass is 19.4. The molecule has 0 fully saturated rings. The largest absolute Gasteiger partial charge is 0.467 e. The number of nitrogens with one attached hydrogen (secondary N) is 1. The smallest absolute Gasteiger partial charge is 0.417 e. The van der Waals surface area contributed by atoms with Gasteiger partial charge in [-0.15, -0.1) is 0 Å². The van der Waals surface area contributed by atoms with E-state index in [1.807, 2.05) is 31.2 Å². The Labute approximate surface area is 159 Å². The van der Waals surface area contributed by atoms with Crippen molar-refractivity contribution in [2.24, 2.45) is 7.05 Å². The molecular formula is C19H19F3N4O2. The van der Waals surface area contributed by atoms with Gasteiger partial charge in [-0.25, -0.2) is 0 Å². The predicted molar refractivity (Wildman–Crippen MR) is 96.8 cm³/mol. The summed E-state index contributed by atoms with van der Waals surface area (Å²) in [5.41, 5.74) is 1.38. The Kier molecular flexibility index (Phi) is 5.26. The zero-order valence-corrected chi connectivity index (χ0v) is 15.6. The van der Waals surface area contributed by atoms with Crippen molar-refractivity contribution in [1.82, 2.24) is 20.1 Å². The van der Waals surface area contributed by atoms with Crippen molar-refractivity contribution in [3.05, 3.63) is 52.7 Å². The van der Waals surface area contributed by atoms with Crippen LogP contribution in [0.15, 0.2) is 30.3 Å². The predicted octanol–water partition coefficient (Wildman–Crippen LogP) is 3.30. The molecule has 9 heteroatoms. The maximum absolute atomic E-state index is 13.4. The zero-order chi connectivity index (χ0) is 20.5. The quantitative estimate of drug-likeness (QED) is 0.723. The van der Waals surface area contributed by atoms with Crippen molar-refractivity contribution in [3.8, 4) is 5.88 Å². The van der Waals surface area contributed by atoms with Crippen LogP contribution in [-0.2, 0) is 24.6 Å². The second-order valence-corrected chi connectivity index (χ2v) is 6.46. The minimum atomic E-state index is -4.60. The molecule has 0 aliphatic carbocycles. The lowest BCUT2D eigenvalue weighted by atomic mass is 10.1. The Morgan fingerprint density at radius 1 is 1.21 bits per heavy atom. The first-order valence-corrected chi connectivity index (χ1v) is 8.51. The third-order valence-corrected chi connectivity index (χ3v) is 4.21. The molecule has 28 heavy (non-hydrogen) atoms. The number of fused-ring (bicyclic) bond motifs is 1. The van der Waals surface area contributed by atoms with Gasteiger partial charge in [0.1, 0.15) is 0 Å². The summed E-state index contributed by atoms with van der Waals surface area (Å²) >= 11 is 0. The average Bonchev–Trinajstić information content (AvgIpc) is 2.92. The van der Waals surface area contributed by atoms with Crippen LogP contribution in [0.25, 0.3) is 11.0 Å². The molecule has 3 rings (SSSR count). The maximum Gasteiger partial charge on any atom is 0.417 e. The fraction of sp³-hybridized carbons (Fsp3) is 0.316. The van der Waals surface area contributed by atoms with E-state index in [4.69, 9.17) is 4.74 Å². The molecule has 0 aliphatic heterocycles. The minimum Gasteiger partial charge on any atom is -0.467 e. The van der Waals surface area contributed by atoms with Crippen LogP contribution >= 0.6 is 0 Å². The van der Waals surface area contributed by atoms with Crippen LogP contribution < -0.4 is 10.1 Å². The molecule has 2 aromatic heterocycles. The molecule has 1 aromatic carbocycles. The van der Waals surface area contributed by atoms with E-state index >= 15 is 0 Å². The molecule has 0 saturated carbocycles. The van der Waals surface area contributed by atoms with E-state index in [1.54, 1.807) is 0 Å². The number of ether oxygens (including phenoxy) is 1. The number of hydrogen-bond acceptors (Lipinski definition) is 4. The minimum absolute atomic E-state index is 0.0439. The van der Waals surface area contributed by atoms with Gasteiger partial charge in [-0.05, 0) is 19.4 Å². The molecule has 0 atom stereocenters. The Morgan fingerprint density at radius 2 is 1.89 bits per heavy atom. The van der Waals surface area contributed by atoms with Crippen molar-refractivity contribution in [3.63, 3.8) is 0 Å². The molecule has 6 nitrogen and oxygen atoms in total. The van der Waals surface area contributed by atoms with Crippen LogP contribution in [0.5, 0.6) is 5.88 Å². The molecular weight excluding hydrogens is 373 g/mol. The third-order valence-electron chi connectivity index (χ3n) is 4.21. The second kappa shape index (κ2) is 7.49. The van der Waals surface area contributed by atoms with Crippen molar-refractivity contribution in [1.29, 1.82) is 0 Å². The van der Waals surface area contributed by atoms with Gasteiger partial charge in [-0.2, -0.15) is 23.3 Å². The van der Waals surface area contributed by atoms with Crippen LogP contribution in [-0.4, -0.2) is 27.3 Å².